The lowest BCUT2D eigenvalue weighted by molar-refractivity contribution is -0.140. The van der Waals surface area contributed by atoms with Gasteiger partial charge in [0.15, 0.2) is 0 Å². The fourth-order valence-corrected chi connectivity index (χ4v) is 3.02. The van der Waals surface area contributed by atoms with E-state index in [0.717, 1.165) is 44.6 Å². The molecule has 0 saturated carbocycles. The van der Waals surface area contributed by atoms with Crippen molar-refractivity contribution < 1.29 is 44.0 Å². The van der Waals surface area contributed by atoms with E-state index in [2.05, 4.69) is 33.6 Å². The number of carbonyl (C=O) groups is 4. The van der Waals surface area contributed by atoms with E-state index in [-0.39, 0.29) is 31.2 Å². The molecule has 1 aromatic rings. The number of carboxylic acids is 2. The average molecular weight is 645 g/mol. The normalized spacial score (nSPS) is 10.1. The molecule has 258 valence electrons. The van der Waals surface area contributed by atoms with Crippen LogP contribution in [0.3, 0.4) is 0 Å². The largest absolute Gasteiger partial charge is 0.478 e. The summed E-state index contributed by atoms with van der Waals surface area (Å²) in [5.41, 5.74) is 2.41. The molecule has 1 rings (SSSR count). The molecule has 0 aliphatic rings. The maximum Gasteiger partial charge on any atom is 0.333 e. The lowest BCUT2D eigenvalue weighted by Crippen LogP contribution is -2.08. The summed E-state index contributed by atoms with van der Waals surface area (Å²) in [6.45, 7) is 19.0. The van der Waals surface area contributed by atoms with E-state index in [1.807, 2.05) is 49.4 Å². The lowest BCUT2D eigenvalue weighted by Gasteiger charge is -2.03. The smallest absolute Gasteiger partial charge is 0.333 e. The average Bonchev–Trinajstić information content (AvgIpc) is 3.03. The predicted molar refractivity (Wildman–Crippen MR) is 185 cm³/mol. The number of esters is 2. The maximum atomic E-state index is 11.1. The molecule has 0 radical (unpaired) electrons. The van der Waals surface area contributed by atoms with Crippen molar-refractivity contribution in [3.8, 4) is 0 Å². The van der Waals surface area contributed by atoms with Gasteiger partial charge >= 0.3 is 23.9 Å². The van der Waals surface area contributed by atoms with Gasteiger partial charge in [0.2, 0.25) is 0 Å². The zero-order valence-electron chi connectivity index (χ0n) is 28.3. The Balaban J connectivity index is -0.000000549. The van der Waals surface area contributed by atoms with Crippen LogP contribution in [0.5, 0.6) is 0 Å². The van der Waals surface area contributed by atoms with Crippen LogP contribution in [0.1, 0.15) is 97.5 Å². The van der Waals surface area contributed by atoms with E-state index in [1.165, 1.54) is 24.5 Å². The zero-order chi connectivity index (χ0) is 35.6. The van der Waals surface area contributed by atoms with Gasteiger partial charge in [-0.3, -0.25) is 0 Å². The van der Waals surface area contributed by atoms with Gasteiger partial charge in [-0.1, -0.05) is 115 Å². The number of hydrogen-bond donors (Lipinski definition) is 3. The molecule has 9 nitrogen and oxygen atoms in total. The Morgan fingerprint density at radius 2 is 1.41 bits per heavy atom. The number of aliphatic hydroxyl groups is 1. The summed E-state index contributed by atoms with van der Waals surface area (Å²) >= 11 is 0. The molecule has 0 spiro atoms. The van der Waals surface area contributed by atoms with Gasteiger partial charge in [0, 0.05) is 35.8 Å². The Labute approximate surface area is 276 Å². The first-order chi connectivity index (χ1) is 21.9. The first-order valence-electron chi connectivity index (χ1n) is 15.7. The zero-order valence-corrected chi connectivity index (χ0v) is 28.3. The fourth-order valence-electron chi connectivity index (χ4n) is 3.02. The van der Waals surface area contributed by atoms with Gasteiger partial charge in [-0.25, -0.2) is 19.2 Å². The van der Waals surface area contributed by atoms with Gasteiger partial charge in [0.05, 0.1) is 13.2 Å². The number of allylic oxidation sites excluding steroid dienone is 2. The van der Waals surface area contributed by atoms with Crippen LogP contribution in [-0.4, -0.2) is 59.0 Å². The predicted octanol–water partition coefficient (Wildman–Crippen LogP) is 8.11. The third kappa shape index (κ3) is 32.7. The second-order valence-electron chi connectivity index (χ2n) is 9.90. The van der Waals surface area contributed by atoms with Crippen molar-refractivity contribution in [3.05, 3.63) is 90.6 Å². The minimum atomic E-state index is -1.07. The van der Waals surface area contributed by atoms with Crippen LogP contribution >= 0.6 is 0 Å². The molecule has 0 fully saturated rings. The number of aliphatic hydroxyl groups excluding tert-OH is 1. The fraction of sp³-hybridized carbons (Fsp3) is 0.459. The first-order valence-corrected chi connectivity index (χ1v) is 15.7. The third-order valence-corrected chi connectivity index (χ3v) is 5.59. The monoisotopic (exact) mass is 644 g/mol. The highest BCUT2D eigenvalue weighted by molar-refractivity contribution is 5.88. The highest BCUT2D eigenvalue weighted by atomic mass is 16.5. The molecular weight excluding hydrogens is 588 g/mol. The quantitative estimate of drug-likeness (QED) is 0.0771. The number of rotatable bonds is 19. The van der Waals surface area contributed by atoms with E-state index < -0.39 is 17.9 Å². The van der Waals surface area contributed by atoms with Crippen molar-refractivity contribution in [1.82, 2.24) is 0 Å². The van der Waals surface area contributed by atoms with E-state index >= 15 is 0 Å². The second kappa shape index (κ2) is 33.6. The van der Waals surface area contributed by atoms with Crippen LogP contribution in [0.4, 0.5) is 0 Å². The van der Waals surface area contributed by atoms with Crippen LogP contribution in [0.15, 0.2) is 85.0 Å². The summed E-state index contributed by atoms with van der Waals surface area (Å²) < 4.78 is 9.53. The molecule has 0 heterocycles. The molecular formula is C37H56O9. The molecule has 0 amide bonds. The van der Waals surface area contributed by atoms with Gasteiger partial charge in [-0.05, 0) is 44.6 Å². The van der Waals surface area contributed by atoms with E-state index in [1.54, 1.807) is 6.92 Å². The minimum Gasteiger partial charge on any atom is -0.478 e. The summed E-state index contributed by atoms with van der Waals surface area (Å²) in [6.07, 6.45) is 14.5. The van der Waals surface area contributed by atoms with Crippen molar-refractivity contribution in [2.75, 3.05) is 19.8 Å². The minimum absolute atomic E-state index is 0.0430. The standard InChI is InChI=1S/C11H20O2.C10H14O5.C8H14O2.C8H8/c1-3-5-6-7-9-10(8-4-2)11(12)13;1-8(4-2-5-9(12)13)10(14)15-7-3-6-11;1-4-5-6-10-8(9)7(2)3;1-2-8-6-4-3-5-7-8/h8H,3-7,9H2,1-2H3,(H,12,13);2,5,11H,1,3-4,6-7H2,(H,12,13);2,4-6H2,1,3H3;2-7H,1H2. The molecule has 0 aliphatic heterocycles. The van der Waals surface area contributed by atoms with Crippen molar-refractivity contribution in [1.29, 1.82) is 0 Å². The number of benzene rings is 1. The van der Waals surface area contributed by atoms with Gasteiger partial charge < -0.3 is 24.8 Å². The SMILES string of the molecule is C=C(C)C(=O)OCCCC.C=C(CC=CC(=O)O)C(=O)OCCCO.C=Cc1ccccc1.CCC=C(CCCCCC)C(=O)O. The van der Waals surface area contributed by atoms with Crippen LogP contribution in [0, 0.1) is 0 Å². The molecule has 0 aromatic heterocycles. The first kappa shape index (κ1) is 46.2. The Kier molecular flexibility index (Phi) is 33.8. The number of carboxylic acid groups (broad SMARTS) is 2. The Hall–Kier alpha value is -4.24. The van der Waals surface area contributed by atoms with Crippen LogP contribution in [0.25, 0.3) is 6.08 Å². The Morgan fingerprint density at radius 1 is 0.826 bits per heavy atom. The topological polar surface area (TPSA) is 147 Å². The van der Waals surface area contributed by atoms with Crippen LogP contribution < -0.4 is 0 Å². The number of aliphatic carboxylic acids is 2. The highest BCUT2D eigenvalue weighted by Gasteiger charge is 2.06. The molecule has 3 N–H and O–H groups in total. The Morgan fingerprint density at radius 3 is 1.87 bits per heavy atom. The summed E-state index contributed by atoms with van der Waals surface area (Å²) in [5.74, 6) is -2.68. The van der Waals surface area contributed by atoms with Crippen LogP contribution in [-0.2, 0) is 28.7 Å². The van der Waals surface area contributed by atoms with Crippen LogP contribution in [0.2, 0.25) is 0 Å². The van der Waals surface area contributed by atoms with Gasteiger partial charge in [0.1, 0.15) is 0 Å². The van der Waals surface area contributed by atoms with Crippen molar-refractivity contribution in [2.45, 2.75) is 91.9 Å². The molecule has 0 saturated heterocycles. The molecule has 9 heteroatoms. The van der Waals surface area contributed by atoms with Crippen molar-refractivity contribution in [2.24, 2.45) is 0 Å². The van der Waals surface area contributed by atoms with Gasteiger partial charge in [-0.15, -0.1) is 0 Å². The summed E-state index contributed by atoms with van der Waals surface area (Å²) in [4.78, 5) is 42.6. The molecule has 0 unspecified atom stereocenters. The number of carbonyl (C=O) groups excluding carboxylic acids is 2. The summed E-state index contributed by atoms with van der Waals surface area (Å²) in [7, 11) is 0. The van der Waals surface area contributed by atoms with E-state index in [9.17, 15) is 19.2 Å². The molecule has 1 aromatic carbocycles. The van der Waals surface area contributed by atoms with Gasteiger partial charge in [-0.2, -0.15) is 0 Å². The summed E-state index contributed by atoms with van der Waals surface area (Å²) in [5, 5.41) is 25.5. The number of ether oxygens (including phenoxy) is 2. The number of hydrogen-bond acceptors (Lipinski definition) is 7. The highest BCUT2D eigenvalue weighted by Crippen LogP contribution is 2.11. The maximum absolute atomic E-state index is 11.1. The van der Waals surface area contributed by atoms with Crippen molar-refractivity contribution >= 4 is 30.0 Å². The van der Waals surface area contributed by atoms with Crippen molar-refractivity contribution in [3.63, 3.8) is 0 Å². The third-order valence-electron chi connectivity index (χ3n) is 5.59. The molecule has 46 heavy (non-hydrogen) atoms. The van der Waals surface area contributed by atoms with E-state index in [0.29, 0.717) is 24.2 Å². The lowest BCUT2D eigenvalue weighted by atomic mass is 10.1. The molecule has 0 atom stereocenters. The van der Waals surface area contributed by atoms with E-state index in [4.69, 9.17) is 24.8 Å². The molecule has 0 bridgehead atoms. The summed E-state index contributed by atoms with van der Waals surface area (Å²) in [6, 6.07) is 10.0. The number of unbranched alkanes of at least 4 members (excludes halogenated alkanes) is 4. The molecule has 0 aliphatic carbocycles. The van der Waals surface area contributed by atoms with Gasteiger partial charge in [0.25, 0.3) is 0 Å². The Bertz CT molecular complexity index is 1070. The second-order valence-corrected chi connectivity index (χ2v) is 9.90.